The molecule has 1 N–H and O–H groups in total. The molecule has 0 aliphatic carbocycles. The van der Waals surface area contributed by atoms with Gasteiger partial charge in [0, 0.05) is 0 Å². The van der Waals surface area contributed by atoms with E-state index in [0.29, 0.717) is 22.3 Å². The highest BCUT2D eigenvalue weighted by Crippen LogP contribution is 2.14. The molecule has 8 nitrogen and oxygen atoms in total. The van der Waals surface area contributed by atoms with Crippen molar-refractivity contribution in [3.8, 4) is 6.07 Å². The zero-order chi connectivity index (χ0) is 18.5. The van der Waals surface area contributed by atoms with E-state index in [4.69, 9.17) is 10.00 Å². The molecule has 3 rings (SSSR count). The number of fused-ring (bicyclic) bond motifs is 1. The molecule has 1 atom stereocenters. The van der Waals surface area contributed by atoms with Gasteiger partial charge in [0.1, 0.15) is 18.1 Å². The molecule has 0 aliphatic heterocycles. The number of nitriles is 1. The Bertz CT molecular complexity index is 1010. The summed E-state index contributed by atoms with van der Waals surface area (Å²) in [5, 5.41) is 19.5. The summed E-state index contributed by atoms with van der Waals surface area (Å²) in [7, 11) is 0. The van der Waals surface area contributed by atoms with Crippen LogP contribution in [0.4, 0.5) is 5.69 Å². The van der Waals surface area contributed by atoms with Crippen LogP contribution in [0.25, 0.3) is 11.0 Å². The van der Waals surface area contributed by atoms with Crippen LogP contribution in [-0.4, -0.2) is 33.0 Å². The van der Waals surface area contributed by atoms with Crippen molar-refractivity contribution < 1.29 is 14.3 Å². The van der Waals surface area contributed by atoms with E-state index < -0.39 is 18.0 Å². The molecule has 0 aliphatic rings. The van der Waals surface area contributed by atoms with Crippen LogP contribution >= 0.6 is 0 Å². The monoisotopic (exact) mass is 349 g/mol. The second-order valence-electron chi connectivity index (χ2n) is 5.51. The van der Waals surface area contributed by atoms with Crippen LogP contribution in [0, 0.1) is 11.3 Å². The molecule has 2 aromatic carbocycles. The Labute approximate surface area is 149 Å². The van der Waals surface area contributed by atoms with Gasteiger partial charge in [-0.3, -0.25) is 9.59 Å². The van der Waals surface area contributed by atoms with Crippen LogP contribution in [0.5, 0.6) is 0 Å². The van der Waals surface area contributed by atoms with Gasteiger partial charge in [0.25, 0.3) is 5.91 Å². The number of amides is 1. The molecule has 130 valence electrons. The molecule has 0 saturated carbocycles. The third-order valence-corrected chi connectivity index (χ3v) is 3.68. The number of esters is 1. The lowest BCUT2D eigenvalue weighted by molar-refractivity contribution is -0.153. The molecule has 8 heteroatoms. The second kappa shape index (κ2) is 7.44. The molecular formula is C18H15N5O3. The number of nitrogens with zero attached hydrogens (tertiary/aromatic N) is 4. The van der Waals surface area contributed by atoms with Crippen LogP contribution < -0.4 is 5.32 Å². The topological polar surface area (TPSA) is 110 Å². The molecule has 0 fully saturated rings. The first-order chi connectivity index (χ1) is 12.6. The maximum Gasteiger partial charge on any atom is 0.328 e. The number of nitrogens with one attached hydrogen (secondary N) is 1. The van der Waals surface area contributed by atoms with E-state index in [1.807, 2.05) is 18.2 Å². The number of para-hydroxylation sites is 2. The first-order valence-electron chi connectivity index (χ1n) is 7.86. The first-order valence-corrected chi connectivity index (χ1v) is 7.86. The molecule has 1 aromatic heterocycles. The van der Waals surface area contributed by atoms with Crippen molar-refractivity contribution in [2.45, 2.75) is 19.6 Å². The SMILES string of the molecule is CC(OC(=O)Cn1nnc2ccccc21)C(=O)Nc1ccccc1C#N. The van der Waals surface area contributed by atoms with Crippen LogP contribution in [0.1, 0.15) is 12.5 Å². The number of ether oxygens (including phenoxy) is 1. The van der Waals surface area contributed by atoms with E-state index in [1.54, 1.807) is 36.4 Å². The van der Waals surface area contributed by atoms with Crippen molar-refractivity contribution in [1.29, 1.82) is 5.26 Å². The summed E-state index contributed by atoms with van der Waals surface area (Å²) in [4.78, 5) is 24.3. The largest absolute Gasteiger partial charge is 0.451 e. The molecule has 3 aromatic rings. The minimum Gasteiger partial charge on any atom is -0.451 e. The minimum atomic E-state index is -1.02. The molecular weight excluding hydrogens is 334 g/mol. The van der Waals surface area contributed by atoms with Crippen molar-refractivity contribution in [2.75, 3.05) is 5.32 Å². The van der Waals surface area contributed by atoms with E-state index in [-0.39, 0.29) is 6.54 Å². The van der Waals surface area contributed by atoms with Crippen molar-refractivity contribution in [3.05, 3.63) is 54.1 Å². The van der Waals surface area contributed by atoms with Crippen LogP contribution in [0.3, 0.4) is 0 Å². The van der Waals surface area contributed by atoms with E-state index in [1.165, 1.54) is 11.6 Å². The lowest BCUT2D eigenvalue weighted by Gasteiger charge is -2.14. The summed E-state index contributed by atoms with van der Waals surface area (Å²) in [5.41, 5.74) is 2.06. The maximum absolute atomic E-state index is 12.2. The van der Waals surface area contributed by atoms with Crippen LogP contribution in [0.2, 0.25) is 0 Å². The fraction of sp³-hybridized carbons (Fsp3) is 0.167. The van der Waals surface area contributed by atoms with Crippen molar-refractivity contribution in [1.82, 2.24) is 15.0 Å². The van der Waals surface area contributed by atoms with Crippen molar-refractivity contribution in [2.24, 2.45) is 0 Å². The molecule has 0 spiro atoms. The van der Waals surface area contributed by atoms with Gasteiger partial charge in [0.05, 0.1) is 16.8 Å². The van der Waals surface area contributed by atoms with Gasteiger partial charge in [-0.15, -0.1) is 5.10 Å². The Morgan fingerprint density at radius 1 is 1.23 bits per heavy atom. The van der Waals surface area contributed by atoms with Crippen molar-refractivity contribution in [3.63, 3.8) is 0 Å². The molecule has 1 amide bonds. The van der Waals surface area contributed by atoms with E-state index >= 15 is 0 Å². The summed E-state index contributed by atoms with van der Waals surface area (Å²) in [6.45, 7) is 1.30. The van der Waals surface area contributed by atoms with Gasteiger partial charge >= 0.3 is 5.97 Å². The van der Waals surface area contributed by atoms with Gasteiger partial charge in [0.15, 0.2) is 6.10 Å². The van der Waals surface area contributed by atoms with Gasteiger partial charge in [-0.2, -0.15) is 5.26 Å². The summed E-state index contributed by atoms with van der Waals surface area (Å²) in [6.07, 6.45) is -1.02. The Hall–Kier alpha value is -3.73. The quantitative estimate of drug-likeness (QED) is 0.704. The predicted octanol–water partition coefficient (Wildman–Crippen LogP) is 1.87. The third-order valence-electron chi connectivity index (χ3n) is 3.68. The number of hydrogen-bond acceptors (Lipinski definition) is 6. The highest BCUT2D eigenvalue weighted by atomic mass is 16.5. The Kier molecular flexibility index (Phi) is 4.90. The lowest BCUT2D eigenvalue weighted by atomic mass is 10.2. The Morgan fingerprint density at radius 3 is 2.77 bits per heavy atom. The fourth-order valence-electron chi connectivity index (χ4n) is 2.37. The molecule has 0 bridgehead atoms. The highest BCUT2D eigenvalue weighted by Gasteiger charge is 2.20. The zero-order valence-corrected chi connectivity index (χ0v) is 13.9. The zero-order valence-electron chi connectivity index (χ0n) is 13.9. The Morgan fingerprint density at radius 2 is 1.96 bits per heavy atom. The van der Waals surface area contributed by atoms with Gasteiger partial charge < -0.3 is 10.1 Å². The minimum absolute atomic E-state index is 0.160. The number of carbonyl (C=O) groups excluding carboxylic acids is 2. The van der Waals surface area contributed by atoms with E-state index in [2.05, 4.69) is 15.6 Å². The highest BCUT2D eigenvalue weighted by molar-refractivity contribution is 5.96. The standard InChI is InChI=1S/C18H15N5O3/c1-12(18(25)20-14-7-3-2-6-13(14)10-19)26-17(24)11-23-16-9-5-4-8-15(16)21-22-23/h2-9,12H,11H2,1H3,(H,20,25). The lowest BCUT2D eigenvalue weighted by Crippen LogP contribution is -2.31. The average molecular weight is 349 g/mol. The number of rotatable bonds is 5. The number of carbonyl (C=O) groups is 2. The van der Waals surface area contributed by atoms with Gasteiger partial charge in [0.2, 0.25) is 0 Å². The average Bonchev–Trinajstić information content (AvgIpc) is 3.05. The molecule has 0 radical (unpaired) electrons. The molecule has 1 unspecified atom stereocenters. The van der Waals surface area contributed by atoms with Crippen molar-refractivity contribution >= 4 is 28.6 Å². The predicted molar refractivity (Wildman–Crippen MR) is 92.9 cm³/mol. The van der Waals surface area contributed by atoms with Gasteiger partial charge in [-0.05, 0) is 31.2 Å². The summed E-state index contributed by atoms with van der Waals surface area (Å²) < 4.78 is 6.57. The fourth-order valence-corrected chi connectivity index (χ4v) is 2.37. The van der Waals surface area contributed by atoms with Crippen LogP contribution in [0.15, 0.2) is 48.5 Å². The maximum atomic E-state index is 12.2. The molecule has 26 heavy (non-hydrogen) atoms. The van der Waals surface area contributed by atoms with Gasteiger partial charge in [-0.25, -0.2) is 4.68 Å². The van der Waals surface area contributed by atoms with E-state index in [9.17, 15) is 9.59 Å². The van der Waals surface area contributed by atoms with Gasteiger partial charge in [-0.1, -0.05) is 29.5 Å². The number of hydrogen-bond donors (Lipinski definition) is 1. The van der Waals surface area contributed by atoms with E-state index in [0.717, 1.165) is 0 Å². The second-order valence-corrected chi connectivity index (χ2v) is 5.51. The number of aromatic nitrogens is 3. The number of anilines is 1. The summed E-state index contributed by atoms with van der Waals surface area (Å²) >= 11 is 0. The molecule has 1 heterocycles. The smallest absolute Gasteiger partial charge is 0.328 e. The summed E-state index contributed by atoms with van der Waals surface area (Å²) in [6, 6.07) is 15.8. The third kappa shape index (κ3) is 3.67. The first kappa shape index (κ1) is 17.1. The Balaban J connectivity index is 1.62. The normalized spacial score (nSPS) is 11.5. The summed E-state index contributed by atoms with van der Waals surface area (Å²) in [5.74, 6) is -1.14. The molecule has 0 saturated heterocycles. The number of benzene rings is 2. The van der Waals surface area contributed by atoms with Crippen LogP contribution in [-0.2, 0) is 20.9 Å².